The van der Waals surface area contributed by atoms with E-state index >= 15 is 0 Å². The average molecular weight is 386 g/mol. The second-order valence-corrected chi connectivity index (χ2v) is 6.79. The Bertz CT molecular complexity index is 467. The van der Waals surface area contributed by atoms with Crippen molar-refractivity contribution in [3.05, 3.63) is 0 Å². The Morgan fingerprint density at radius 3 is 1.18 bits per heavy atom. The van der Waals surface area contributed by atoms with Gasteiger partial charge in [-0.1, -0.05) is 4.13 Å². The van der Waals surface area contributed by atoms with E-state index in [1.807, 2.05) is 0 Å². The van der Waals surface area contributed by atoms with E-state index in [1.165, 1.54) is 0 Å². The van der Waals surface area contributed by atoms with Crippen LogP contribution in [0.25, 0.3) is 0 Å². The summed E-state index contributed by atoms with van der Waals surface area (Å²) in [5.74, 6) is 0. The third-order valence-electron chi connectivity index (χ3n) is 1.41. The molecule has 0 bridgehead atoms. The van der Waals surface area contributed by atoms with Crippen molar-refractivity contribution in [2.75, 3.05) is 26.3 Å². The lowest BCUT2D eigenvalue weighted by molar-refractivity contribution is -0.0476. The maximum absolute atomic E-state index is 11.5. The van der Waals surface area contributed by atoms with Gasteiger partial charge >= 0.3 is 31.1 Å². The highest BCUT2D eigenvalue weighted by molar-refractivity contribution is 8.05. The van der Waals surface area contributed by atoms with Crippen LogP contribution >= 0.6 is 0 Å². The first-order valence-electron chi connectivity index (χ1n) is 4.96. The van der Waals surface area contributed by atoms with Gasteiger partial charge in [-0.05, 0) is 0 Å². The monoisotopic (exact) mass is 386 g/mol. The Hall–Kier alpha value is -0.680. The molecule has 22 heavy (non-hydrogen) atoms. The highest BCUT2D eigenvalue weighted by Gasteiger charge is 2.55. The SMILES string of the molecule is O=S(=O)(NS(=O)(=O)C(F)(F)F)C(F)(F)F.OCCNCCO. The Morgan fingerprint density at radius 2 is 1.00 bits per heavy atom. The molecule has 0 spiro atoms. The molecule has 136 valence electrons. The molecule has 0 aromatic rings. The van der Waals surface area contributed by atoms with Gasteiger partial charge in [0, 0.05) is 13.1 Å². The number of nitrogens with one attached hydrogen (secondary N) is 2. The van der Waals surface area contributed by atoms with Gasteiger partial charge in [0.2, 0.25) is 0 Å². The molecular formula is C6H12F6N2O6S2. The summed E-state index contributed by atoms with van der Waals surface area (Å²) in [6, 6.07) is 0. The van der Waals surface area contributed by atoms with Crippen molar-refractivity contribution in [1.82, 2.24) is 9.44 Å². The molecule has 0 aliphatic rings. The van der Waals surface area contributed by atoms with E-state index in [4.69, 9.17) is 10.2 Å². The van der Waals surface area contributed by atoms with E-state index in [1.54, 1.807) is 0 Å². The van der Waals surface area contributed by atoms with Gasteiger partial charge in [-0.15, -0.1) is 0 Å². The summed E-state index contributed by atoms with van der Waals surface area (Å²) in [5, 5.41) is 19.1. The summed E-state index contributed by atoms with van der Waals surface area (Å²) >= 11 is 0. The minimum absolute atomic E-state index is 0.139. The smallest absolute Gasteiger partial charge is 0.395 e. The molecule has 0 amide bonds. The maximum atomic E-state index is 11.5. The Labute approximate surface area is 121 Å². The lowest BCUT2D eigenvalue weighted by atomic mass is 10.6. The molecule has 0 aromatic heterocycles. The summed E-state index contributed by atoms with van der Waals surface area (Å²) in [7, 11) is -13.2. The minimum Gasteiger partial charge on any atom is -0.395 e. The van der Waals surface area contributed by atoms with Gasteiger partial charge in [0.25, 0.3) is 0 Å². The lowest BCUT2D eigenvalue weighted by Crippen LogP contribution is -2.45. The number of alkyl halides is 6. The molecule has 8 nitrogen and oxygen atoms in total. The third-order valence-corrected chi connectivity index (χ3v) is 4.38. The van der Waals surface area contributed by atoms with Crippen LogP contribution in [0.4, 0.5) is 26.3 Å². The first kappa shape index (κ1) is 23.6. The Kier molecular flexibility index (Phi) is 9.46. The molecule has 0 unspecified atom stereocenters. The van der Waals surface area contributed by atoms with Crippen molar-refractivity contribution < 1.29 is 53.4 Å². The third kappa shape index (κ3) is 8.69. The van der Waals surface area contributed by atoms with Crippen LogP contribution < -0.4 is 9.44 Å². The number of sulfonamides is 2. The van der Waals surface area contributed by atoms with E-state index in [0.29, 0.717) is 13.1 Å². The van der Waals surface area contributed by atoms with Crippen molar-refractivity contribution in [2.45, 2.75) is 11.0 Å². The molecular weight excluding hydrogens is 374 g/mol. The minimum atomic E-state index is -6.60. The highest BCUT2D eigenvalue weighted by Crippen LogP contribution is 2.27. The van der Waals surface area contributed by atoms with Crippen molar-refractivity contribution in [1.29, 1.82) is 0 Å². The molecule has 4 N–H and O–H groups in total. The first-order valence-corrected chi connectivity index (χ1v) is 7.92. The zero-order valence-corrected chi connectivity index (χ0v) is 12.1. The largest absolute Gasteiger partial charge is 0.512 e. The predicted octanol–water partition coefficient (Wildman–Crippen LogP) is -1.16. The standard InChI is InChI=1S/C4H11NO2.C2HF6NO4S2/c6-3-1-5-2-4-7;3-1(4,5)14(10,11)9-15(12,13)2(6,7)8/h5-7H,1-4H2;9H. The van der Waals surface area contributed by atoms with Crippen molar-refractivity contribution in [3.63, 3.8) is 0 Å². The predicted molar refractivity (Wildman–Crippen MR) is 60.1 cm³/mol. The average Bonchev–Trinajstić information content (AvgIpc) is 2.26. The second kappa shape index (κ2) is 8.82. The van der Waals surface area contributed by atoms with Gasteiger partial charge in [0.1, 0.15) is 0 Å². The fourth-order valence-electron chi connectivity index (χ4n) is 0.522. The summed E-state index contributed by atoms with van der Waals surface area (Å²) in [6.45, 7) is 1.42. The summed E-state index contributed by atoms with van der Waals surface area (Å²) in [4.78, 5) is 0. The molecule has 0 radical (unpaired) electrons. The van der Waals surface area contributed by atoms with Gasteiger partial charge in [0.05, 0.1) is 13.2 Å². The molecule has 16 heteroatoms. The van der Waals surface area contributed by atoms with Crippen molar-refractivity contribution in [2.24, 2.45) is 0 Å². The Morgan fingerprint density at radius 1 is 0.727 bits per heavy atom. The molecule has 0 saturated carbocycles. The zero-order chi connectivity index (χ0) is 18.2. The van der Waals surface area contributed by atoms with Crippen molar-refractivity contribution in [3.8, 4) is 0 Å². The van der Waals surface area contributed by atoms with Crippen LogP contribution in [0.3, 0.4) is 0 Å². The topological polar surface area (TPSA) is 133 Å². The van der Waals surface area contributed by atoms with Gasteiger partial charge in [0.15, 0.2) is 0 Å². The number of hydrogen-bond donors (Lipinski definition) is 4. The van der Waals surface area contributed by atoms with Crippen LogP contribution in [0.1, 0.15) is 0 Å². The molecule has 0 fully saturated rings. The Balaban J connectivity index is 0. The second-order valence-electron chi connectivity index (χ2n) is 3.18. The summed E-state index contributed by atoms with van der Waals surface area (Å²) in [5.41, 5.74) is -12.3. The van der Waals surface area contributed by atoms with Crippen LogP contribution in [-0.2, 0) is 20.0 Å². The van der Waals surface area contributed by atoms with Gasteiger partial charge in [-0.3, -0.25) is 0 Å². The van der Waals surface area contributed by atoms with Crippen LogP contribution in [0.2, 0.25) is 0 Å². The number of rotatable bonds is 6. The fourth-order valence-corrected chi connectivity index (χ4v) is 2.43. The number of hydrogen-bond acceptors (Lipinski definition) is 7. The molecule has 0 aromatic carbocycles. The van der Waals surface area contributed by atoms with Crippen LogP contribution in [0.15, 0.2) is 0 Å². The molecule has 0 aliphatic heterocycles. The number of halogens is 6. The van der Waals surface area contributed by atoms with Gasteiger partial charge < -0.3 is 15.5 Å². The molecule has 0 heterocycles. The van der Waals surface area contributed by atoms with Crippen LogP contribution in [0.5, 0.6) is 0 Å². The molecule has 0 aliphatic carbocycles. The maximum Gasteiger partial charge on any atom is 0.512 e. The van der Waals surface area contributed by atoms with Crippen molar-refractivity contribution >= 4 is 20.0 Å². The van der Waals surface area contributed by atoms with Gasteiger partial charge in [-0.2, -0.15) is 26.3 Å². The van der Waals surface area contributed by atoms with Crippen LogP contribution in [-0.4, -0.2) is 64.4 Å². The summed E-state index contributed by atoms with van der Waals surface area (Å²) in [6.07, 6.45) is 0. The van der Waals surface area contributed by atoms with E-state index in [9.17, 15) is 43.2 Å². The van der Waals surface area contributed by atoms with E-state index in [2.05, 4.69) is 5.32 Å². The normalized spacial score (nSPS) is 13.5. The quantitative estimate of drug-likeness (QED) is 0.334. The molecule has 0 rings (SSSR count). The van der Waals surface area contributed by atoms with E-state index < -0.39 is 35.2 Å². The van der Waals surface area contributed by atoms with Crippen LogP contribution in [0, 0.1) is 0 Å². The zero-order valence-electron chi connectivity index (χ0n) is 10.4. The number of aliphatic hydroxyl groups excluding tert-OH is 2. The molecule has 0 saturated heterocycles. The highest BCUT2D eigenvalue weighted by atomic mass is 32.3. The summed E-state index contributed by atoms with van der Waals surface area (Å²) < 4.78 is 108. The first-order chi connectivity index (χ1) is 9.62. The van der Waals surface area contributed by atoms with E-state index in [0.717, 1.165) is 0 Å². The molecule has 0 atom stereocenters. The van der Waals surface area contributed by atoms with E-state index in [-0.39, 0.29) is 13.2 Å². The van der Waals surface area contributed by atoms with Gasteiger partial charge in [-0.25, -0.2) is 16.8 Å². The lowest BCUT2D eigenvalue weighted by Gasteiger charge is -2.11. The fraction of sp³-hybridized carbons (Fsp3) is 1.00. The number of aliphatic hydroxyl groups is 2.